The lowest BCUT2D eigenvalue weighted by molar-refractivity contribution is -0.117. The Morgan fingerprint density at radius 3 is 2.27 bits per heavy atom. The van der Waals surface area contributed by atoms with Gasteiger partial charge in [0.25, 0.3) is 5.91 Å². The Balaban J connectivity index is 1.90. The fraction of sp³-hybridized carbons (Fsp3) is 0.300. The topological polar surface area (TPSA) is 61.9 Å². The van der Waals surface area contributed by atoms with Gasteiger partial charge in [0.05, 0.1) is 13.7 Å². The maximum atomic E-state index is 12.2. The summed E-state index contributed by atoms with van der Waals surface area (Å²) >= 11 is 0. The number of hydrogen-bond donors (Lipinski definition) is 1. The van der Waals surface area contributed by atoms with E-state index >= 15 is 0 Å². The molecule has 0 saturated heterocycles. The van der Waals surface area contributed by atoms with Crippen LogP contribution in [0, 0.1) is 0 Å². The van der Waals surface area contributed by atoms with Crippen LogP contribution in [0.1, 0.15) is 15.9 Å². The van der Waals surface area contributed by atoms with Crippen LogP contribution in [0.4, 0.5) is 5.69 Å². The Labute approximate surface area is 154 Å². The molecule has 138 valence electrons. The summed E-state index contributed by atoms with van der Waals surface area (Å²) in [5.74, 6) is 0.620. The number of likely N-dealkylation sites (N-methyl/N-ethyl adjacent to an activating group) is 1. The van der Waals surface area contributed by atoms with Gasteiger partial charge in [0.2, 0.25) is 5.91 Å². The molecule has 6 heteroatoms. The largest absolute Gasteiger partial charge is 0.496 e. The highest BCUT2D eigenvalue weighted by Gasteiger charge is 2.11. The molecular formula is C20H25N3O3. The first-order valence-electron chi connectivity index (χ1n) is 8.32. The van der Waals surface area contributed by atoms with Crippen LogP contribution in [0.2, 0.25) is 0 Å². The van der Waals surface area contributed by atoms with Gasteiger partial charge in [-0.05, 0) is 37.4 Å². The van der Waals surface area contributed by atoms with Gasteiger partial charge in [-0.25, -0.2) is 0 Å². The molecule has 1 N–H and O–H groups in total. The first kappa shape index (κ1) is 19.5. The van der Waals surface area contributed by atoms with Gasteiger partial charge >= 0.3 is 0 Å². The number of methoxy groups -OCH3 is 1. The van der Waals surface area contributed by atoms with Crippen LogP contribution in [-0.4, -0.2) is 56.4 Å². The summed E-state index contributed by atoms with van der Waals surface area (Å²) in [6, 6.07) is 14.6. The number of rotatable bonds is 7. The second-order valence-electron chi connectivity index (χ2n) is 6.31. The lowest BCUT2D eigenvalue weighted by atomic mass is 10.2. The van der Waals surface area contributed by atoms with Crippen molar-refractivity contribution in [3.05, 3.63) is 59.7 Å². The number of benzene rings is 2. The van der Waals surface area contributed by atoms with Gasteiger partial charge in [-0.15, -0.1) is 0 Å². The Morgan fingerprint density at radius 2 is 1.65 bits per heavy atom. The van der Waals surface area contributed by atoms with Crippen molar-refractivity contribution in [3.63, 3.8) is 0 Å². The lowest BCUT2D eigenvalue weighted by Gasteiger charge is -2.18. The van der Waals surface area contributed by atoms with Crippen LogP contribution in [0.25, 0.3) is 0 Å². The predicted octanol–water partition coefficient (Wildman–Crippen LogP) is 2.47. The molecule has 0 spiro atoms. The smallest absolute Gasteiger partial charge is 0.253 e. The second-order valence-corrected chi connectivity index (χ2v) is 6.31. The number of hydrogen-bond acceptors (Lipinski definition) is 4. The number of nitrogens with one attached hydrogen (secondary N) is 1. The molecule has 2 rings (SSSR count). The molecule has 0 heterocycles. The zero-order valence-corrected chi connectivity index (χ0v) is 15.7. The van der Waals surface area contributed by atoms with E-state index in [0.29, 0.717) is 17.8 Å². The fourth-order valence-electron chi connectivity index (χ4n) is 2.58. The van der Waals surface area contributed by atoms with E-state index < -0.39 is 0 Å². The number of carbonyl (C=O) groups is 2. The minimum Gasteiger partial charge on any atom is -0.496 e. The molecule has 0 unspecified atom stereocenters. The first-order chi connectivity index (χ1) is 12.4. The molecule has 26 heavy (non-hydrogen) atoms. The Kier molecular flexibility index (Phi) is 6.74. The normalized spacial score (nSPS) is 10.5. The standard InChI is InChI=1S/C20H25N3O3/c1-22(2)20(25)15-9-11-17(12-10-15)21-19(24)14-23(3)13-16-7-5-6-8-18(16)26-4/h5-12H,13-14H2,1-4H3,(H,21,24). The molecule has 0 fully saturated rings. The lowest BCUT2D eigenvalue weighted by Crippen LogP contribution is -2.30. The second kappa shape index (κ2) is 9.01. The number of ether oxygens (including phenoxy) is 1. The molecule has 0 aliphatic heterocycles. The van der Waals surface area contributed by atoms with E-state index in [0.717, 1.165) is 11.3 Å². The van der Waals surface area contributed by atoms with Gasteiger partial charge in [0.1, 0.15) is 5.75 Å². The molecule has 0 radical (unpaired) electrons. The molecule has 0 aliphatic carbocycles. The summed E-state index contributed by atoms with van der Waals surface area (Å²) in [5.41, 5.74) is 2.27. The molecular weight excluding hydrogens is 330 g/mol. The van der Waals surface area contributed by atoms with E-state index in [1.165, 1.54) is 4.90 Å². The number of para-hydroxylation sites is 1. The fourth-order valence-corrected chi connectivity index (χ4v) is 2.58. The van der Waals surface area contributed by atoms with Crippen LogP contribution in [0.5, 0.6) is 5.75 Å². The van der Waals surface area contributed by atoms with Crippen LogP contribution in [0.3, 0.4) is 0 Å². The molecule has 0 saturated carbocycles. The zero-order valence-electron chi connectivity index (χ0n) is 15.7. The Hall–Kier alpha value is -2.86. The van der Waals surface area contributed by atoms with E-state index in [4.69, 9.17) is 4.74 Å². The van der Waals surface area contributed by atoms with Crippen molar-refractivity contribution in [2.24, 2.45) is 0 Å². The molecule has 2 amide bonds. The quantitative estimate of drug-likeness (QED) is 0.829. The van der Waals surface area contributed by atoms with Crippen molar-refractivity contribution >= 4 is 17.5 Å². The van der Waals surface area contributed by atoms with Gasteiger partial charge in [-0.1, -0.05) is 18.2 Å². The van der Waals surface area contributed by atoms with E-state index in [2.05, 4.69) is 5.32 Å². The van der Waals surface area contributed by atoms with Crippen molar-refractivity contribution in [1.29, 1.82) is 0 Å². The summed E-state index contributed by atoms with van der Waals surface area (Å²) in [6.45, 7) is 0.851. The van der Waals surface area contributed by atoms with Crippen molar-refractivity contribution in [3.8, 4) is 5.75 Å². The van der Waals surface area contributed by atoms with Gasteiger partial charge in [0.15, 0.2) is 0 Å². The van der Waals surface area contributed by atoms with E-state index in [1.807, 2.05) is 36.2 Å². The van der Waals surface area contributed by atoms with Crippen LogP contribution < -0.4 is 10.1 Å². The highest BCUT2D eigenvalue weighted by molar-refractivity contribution is 5.96. The number of anilines is 1. The summed E-state index contributed by atoms with van der Waals surface area (Å²) in [4.78, 5) is 27.5. The molecule has 6 nitrogen and oxygen atoms in total. The molecule has 0 aromatic heterocycles. The first-order valence-corrected chi connectivity index (χ1v) is 8.32. The van der Waals surface area contributed by atoms with E-state index in [-0.39, 0.29) is 18.4 Å². The third-order valence-electron chi connectivity index (χ3n) is 3.87. The van der Waals surface area contributed by atoms with Gasteiger partial charge < -0.3 is 15.0 Å². The maximum absolute atomic E-state index is 12.2. The van der Waals surface area contributed by atoms with Crippen LogP contribution >= 0.6 is 0 Å². The average molecular weight is 355 g/mol. The Morgan fingerprint density at radius 1 is 1.00 bits per heavy atom. The zero-order chi connectivity index (χ0) is 19.1. The third-order valence-corrected chi connectivity index (χ3v) is 3.87. The maximum Gasteiger partial charge on any atom is 0.253 e. The molecule has 0 aliphatic rings. The third kappa shape index (κ3) is 5.32. The van der Waals surface area contributed by atoms with E-state index in [1.54, 1.807) is 45.5 Å². The van der Waals surface area contributed by atoms with Crippen molar-refractivity contribution in [2.45, 2.75) is 6.54 Å². The SMILES string of the molecule is COc1ccccc1CN(C)CC(=O)Nc1ccc(C(=O)N(C)C)cc1. The summed E-state index contributed by atoms with van der Waals surface area (Å²) in [6.07, 6.45) is 0. The van der Waals surface area contributed by atoms with Gasteiger partial charge in [-0.2, -0.15) is 0 Å². The summed E-state index contributed by atoms with van der Waals surface area (Å²) in [5, 5.41) is 2.85. The number of nitrogens with zero attached hydrogens (tertiary/aromatic N) is 2. The molecule has 0 atom stereocenters. The van der Waals surface area contributed by atoms with Crippen LogP contribution in [0.15, 0.2) is 48.5 Å². The number of carbonyl (C=O) groups excluding carboxylic acids is 2. The van der Waals surface area contributed by atoms with Gasteiger partial charge in [-0.3, -0.25) is 14.5 Å². The Bertz CT molecular complexity index is 757. The molecule has 2 aromatic rings. The monoisotopic (exact) mass is 355 g/mol. The molecule has 2 aromatic carbocycles. The van der Waals surface area contributed by atoms with Gasteiger partial charge in [0, 0.05) is 37.5 Å². The predicted molar refractivity (Wildman–Crippen MR) is 102 cm³/mol. The highest BCUT2D eigenvalue weighted by atomic mass is 16.5. The summed E-state index contributed by atoms with van der Waals surface area (Å²) < 4.78 is 5.34. The van der Waals surface area contributed by atoms with Crippen molar-refractivity contribution in [1.82, 2.24) is 9.80 Å². The van der Waals surface area contributed by atoms with Crippen molar-refractivity contribution in [2.75, 3.05) is 40.1 Å². The number of amides is 2. The van der Waals surface area contributed by atoms with Crippen LogP contribution in [-0.2, 0) is 11.3 Å². The molecule has 0 bridgehead atoms. The minimum atomic E-state index is -0.117. The van der Waals surface area contributed by atoms with E-state index in [9.17, 15) is 9.59 Å². The minimum absolute atomic E-state index is 0.0700. The average Bonchev–Trinajstić information content (AvgIpc) is 2.61. The van der Waals surface area contributed by atoms with Crippen molar-refractivity contribution < 1.29 is 14.3 Å². The summed E-state index contributed by atoms with van der Waals surface area (Å²) in [7, 11) is 6.92. The highest BCUT2D eigenvalue weighted by Crippen LogP contribution is 2.18.